The van der Waals surface area contributed by atoms with Crippen LogP contribution in [0.25, 0.3) is 0 Å². The Bertz CT molecular complexity index is 801. The number of hydrogen-bond acceptors (Lipinski definition) is 6. The zero-order valence-electron chi connectivity index (χ0n) is 19.3. The molecule has 8 heteroatoms. The first-order valence-corrected chi connectivity index (χ1v) is 10.9. The molecule has 3 rings (SSSR count). The summed E-state index contributed by atoms with van der Waals surface area (Å²) in [7, 11) is 2.00. The molecule has 2 unspecified atom stereocenters. The lowest BCUT2D eigenvalue weighted by Crippen LogP contribution is -2.68. The molecule has 1 aliphatic carbocycles. The van der Waals surface area contributed by atoms with Crippen LogP contribution in [0.5, 0.6) is 0 Å². The highest BCUT2D eigenvalue weighted by atomic mass is 16.6. The highest BCUT2D eigenvalue weighted by Crippen LogP contribution is 2.62. The summed E-state index contributed by atoms with van der Waals surface area (Å²) in [6, 6.07) is 2.29. The van der Waals surface area contributed by atoms with Crippen LogP contribution in [0.4, 0.5) is 4.79 Å². The molecule has 1 aliphatic heterocycles. The average molecular weight is 417 g/mol. The minimum Gasteiger partial charge on any atom is -0.444 e. The van der Waals surface area contributed by atoms with Crippen LogP contribution in [-0.2, 0) is 4.74 Å². The molecule has 166 valence electrons. The Hall–Kier alpha value is -2.11. The van der Waals surface area contributed by atoms with Crippen molar-refractivity contribution in [1.29, 1.82) is 5.26 Å². The smallest absolute Gasteiger partial charge is 0.410 e. The molecule has 0 radical (unpaired) electrons. The van der Waals surface area contributed by atoms with Crippen LogP contribution in [0.15, 0.2) is 6.20 Å². The maximum absolute atomic E-state index is 12.4. The summed E-state index contributed by atoms with van der Waals surface area (Å²) in [6.07, 6.45) is 1.51. The van der Waals surface area contributed by atoms with Crippen molar-refractivity contribution in [2.24, 2.45) is 17.3 Å². The first-order valence-electron chi connectivity index (χ1n) is 10.9. The van der Waals surface area contributed by atoms with Crippen molar-refractivity contribution in [2.75, 3.05) is 33.2 Å². The third-order valence-electron chi connectivity index (χ3n) is 7.26. The lowest BCUT2D eigenvalue weighted by atomic mass is 9.46. The number of ether oxygens (including phenoxy) is 1. The number of carbonyl (C=O) groups is 1. The quantitative estimate of drug-likeness (QED) is 0.783. The molecule has 0 bridgehead atoms. The van der Waals surface area contributed by atoms with Crippen molar-refractivity contribution in [3.63, 3.8) is 0 Å². The van der Waals surface area contributed by atoms with Gasteiger partial charge in [0.05, 0.1) is 23.6 Å². The number of amides is 1. The van der Waals surface area contributed by atoms with E-state index in [0.717, 1.165) is 18.8 Å². The van der Waals surface area contributed by atoms with Crippen molar-refractivity contribution >= 4 is 6.09 Å². The van der Waals surface area contributed by atoms with E-state index < -0.39 is 5.60 Å². The summed E-state index contributed by atoms with van der Waals surface area (Å²) in [5.41, 5.74) is 1.02. The zero-order chi connectivity index (χ0) is 22.3. The first kappa shape index (κ1) is 22.6. The number of hydrogen-bond donors (Lipinski definition) is 2. The minimum absolute atomic E-state index is 0.0691. The summed E-state index contributed by atoms with van der Waals surface area (Å²) in [5, 5.41) is 20.3. The van der Waals surface area contributed by atoms with Crippen molar-refractivity contribution in [1.82, 2.24) is 25.3 Å². The molecule has 1 aromatic rings. The molecule has 1 saturated heterocycles. The van der Waals surface area contributed by atoms with E-state index in [2.05, 4.69) is 47.3 Å². The van der Waals surface area contributed by atoms with E-state index in [9.17, 15) is 10.1 Å². The highest BCUT2D eigenvalue weighted by Gasteiger charge is 2.61. The van der Waals surface area contributed by atoms with E-state index in [-0.39, 0.29) is 23.6 Å². The number of aromatic amines is 1. The Balaban J connectivity index is 1.75. The third kappa shape index (κ3) is 3.81. The molecule has 2 aliphatic rings. The van der Waals surface area contributed by atoms with Crippen molar-refractivity contribution in [3.8, 4) is 6.07 Å². The number of nitriles is 1. The van der Waals surface area contributed by atoms with Gasteiger partial charge in [-0.15, -0.1) is 0 Å². The molecule has 1 amide bonds. The van der Waals surface area contributed by atoms with E-state index >= 15 is 0 Å². The summed E-state index contributed by atoms with van der Waals surface area (Å²) >= 11 is 0. The van der Waals surface area contributed by atoms with Crippen LogP contribution < -0.4 is 5.32 Å². The van der Waals surface area contributed by atoms with E-state index in [1.54, 1.807) is 11.1 Å². The second kappa shape index (κ2) is 8.20. The highest BCUT2D eigenvalue weighted by molar-refractivity contribution is 5.68. The van der Waals surface area contributed by atoms with Gasteiger partial charge in [-0.2, -0.15) is 10.4 Å². The molecule has 2 fully saturated rings. The van der Waals surface area contributed by atoms with Crippen LogP contribution in [0.2, 0.25) is 0 Å². The van der Waals surface area contributed by atoms with E-state index in [0.29, 0.717) is 30.5 Å². The predicted molar refractivity (Wildman–Crippen MR) is 115 cm³/mol. The number of nitrogens with one attached hydrogen (secondary N) is 2. The van der Waals surface area contributed by atoms with Gasteiger partial charge in [-0.05, 0) is 39.7 Å². The average Bonchev–Trinajstić information content (AvgIpc) is 3.15. The van der Waals surface area contributed by atoms with E-state index in [1.807, 2.05) is 27.8 Å². The van der Waals surface area contributed by atoms with Gasteiger partial charge in [-0.3, -0.25) is 10.00 Å². The van der Waals surface area contributed by atoms with Crippen LogP contribution in [0.3, 0.4) is 0 Å². The van der Waals surface area contributed by atoms with Crippen molar-refractivity contribution in [2.45, 2.75) is 59.2 Å². The van der Waals surface area contributed by atoms with Gasteiger partial charge in [0.25, 0.3) is 0 Å². The largest absolute Gasteiger partial charge is 0.444 e. The molecule has 2 N–H and O–H groups in total. The fraction of sp³-hybridized carbons (Fsp3) is 0.773. The maximum atomic E-state index is 12.4. The van der Waals surface area contributed by atoms with Crippen molar-refractivity contribution < 1.29 is 9.53 Å². The minimum atomic E-state index is -0.484. The Labute approximate surface area is 179 Å². The molecule has 1 aromatic heterocycles. The normalized spacial score (nSPS) is 31.0. The van der Waals surface area contributed by atoms with Gasteiger partial charge in [0, 0.05) is 37.5 Å². The first-order chi connectivity index (χ1) is 14.0. The molecule has 5 atom stereocenters. The number of aromatic nitrogens is 2. The molecule has 1 saturated carbocycles. The second-order valence-corrected chi connectivity index (χ2v) is 10.00. The van der Waals surface area contributed by atoms with Gasteiger partial charge >= 0.3 is 6.09 Å². The number of H-pyrrole nitrogens is 1. The lowest BCUT2D eigenvalue weighted by molar-refractivity contribution is -0.124. The van der Waals surface area contributed by atoms with Gasteiger partial charge in [0.2, 0.25) is 0 Å². The van der Waals surface area contributed by atoms with Gasteiger partial charge in [0.1, 0.15) is 11.7 Å². The molecule has 8 nitrogen and oxygen atoms in total. The second-order valence-electron chi connectivity index (χ2n) is 10.00. The Morgan fingerprint density at radius 3 is 2.53 bits per heavy atom. The van der Waals surface area contributed by atoms with Crippen LogP contribution in [0.1, 0.15) is 58.7 Å². The van der Waals surface area contributed by atoms with Crippen LogP contribution in [0, 0.1) is 28.6 Å². The summed E-state index contributed by atoms with van der Waals surface area (Å²) in [6.45, 7) is 15.4. The number of nitrogens with zero attached hydrogens (tertiary/aromatic N) is 4. The summed E-state index contributed by atoms with van der Waals surface area (Å²) in [4.78, 5) is 16.6. The molecular formula is C22H36N6O2. The Morgan fingerprint density at radius 2 is 2.00 bits per heavy atom. The predicted octanol–water partition coefficient (Wildman–Crippen LogP) is 2.76. The van der Waals surface area contributed by atoms with E-state index in [1.165, 1.54) is 0 Å². The monoisotopic (exact) mass is 416 g/mol. The SMILES string of the molecule is CN[C@H](N1CCN(C(=O)OC(C)(C)C)CC1)C1(C)C(c2[nH]ncc2C#N)[C@H](C)[C@H]1C. The fourth-order valence-corrected chi connectivity index (χ4v) is 5.58. The third-order valence-corrected chi connectivity index (χ3v) is 7.26. The van der Waals surface area contributed by atoms with Crippen LogP contribution in [-0.4, -0.2) is 71.1 Å². The summed E-state index contributed by atoms with van der Waals surface area (Å²) < 4.78 is 5.53. The van der Waals surface area contributed by atoms with Gasteiger partial charge in [-0.1, -0.05) is 20.8 Å². The molecule has 30 heavy (non-hydrogen) atoms. The summed E-state index contributed by atoms with van der Waals surface area (Å²) in [5.74, 6) is 1.13. The van der Waals surface area contributed by atoms with Gasteiger partial charge < -0.3 is 15.0 Å². The van der Waals surface area contributed by atoms with E-state index in [4.69, 9.17) is 4.74 Å². The lowest BCUT2D eigenvalue weighted by Gasteiger charge is -2.63. The Kier molecular flexibility index (Phi) is 6.17. The standard InChI is InChI=1S/C22H36N6O2/c1-14-15(2)22(6,17(14)18-16(12-23)13-25-26-18)19(24-7)27-8-10-28(11-9-27)20(29)30-21(3,4)5/h13-15,17,19,24H,8-11H2,1-7H3,(H,25,26)/t14-,15-,17?,19-,22?/m1/s1. The molecule has 2 heterocycles. The fourth-order valence-electron chi connectivity index (χ4n) is 5.58. The molecular weight excluding hydrogens is 380 g/mol. The van der Waals surface area contributed by atoms with Gasteiger partial charge in [-0.25, -0.2) is 4.79 Å². The molecule has 0 aromatic carbocycles. The zero-order valence-corrected chi connectivity index (χ0v) is 19.3. The maximum Gasteiger partial charge on any atom is 0.410 e. The van der Waals surface area contributed by atoms with Crippen LogP contribution >= 0.6 is 0 Å². The van der Waals surface area contributed by atoms with Crippen molar-refractivity contribution in [3.05, 3.63) is 17.5 Å². The number of carbonyl (C=O) groups excluding carboxylic acids is 1. The van der Waals surface area contributed by atoms with Gasteiger partial charge in [0.15, 0.2) is 0 Å². The topological polar surface area (TPSA) is 97.3 Å². The number of rotatable bonds is 4. The molecule has 0 spiro atoms. The Morgan fingerprint density at radius 1 is 1.37 bits per heavy atom. The number of piperazine rings is 1.